The second-order valence-corrected chi connectivity index (χ2v) is 3.42. The van der Waals surface area contributed by atoms with Crippen molar-refractivity contribution in [3.63, 3.8) is 0 Å². The van der Waals surface area contributed by atoms with Crippen molar-refractivity contribution < 1.29 is 4.79 Å². The van der Waals surface area contributed by atoms with Gasteiger partial charge in [0.15, 0.2) is 0 Å². The molecule has 1 saturated heterocycles. The van der Waals surface area contributed by atoms with Crippen molar-refractivity contribution in [2.24, 2.45) is 5.92 Å². The quantitative estimate of drug-likeness (QED) is 0.490. The number of hydrogen-bond acceptors (Lipinski definition) is 1. The van der Waals surface area contributed by atoms with E-state index in [0.717, 1.165) is 12.5 Å². The molecule has 2 rings (SSSR count). The summed E-state index contributed by atoms with van der Waals surface area (Å²) in [5.74, 6) is 1.14. The Labute approximate surface area is 61.2 Å². The average molecular weight is 139 g/mol. The summed E-state index contributed by atoms with van der Waals surface area (Å²) in [5.41, 5.74) is 0. The van der Waals surface area contributed by atoms with Crippen LogP contribution in [-0.4, -0.2) is 23.4 Å². The van der Waals surface area contributed by atoms with Crippen LogP contribution in [0.1, 0.15) is 26.2 Å². The van der Waals surface area contributed by atoms with Crippen LogP contribution >= 0.6 is 0 Å². The molecule has 2 aliphatic rings. The highest BCUT2D eigenvalue weighted by molar-refractivity contribution is 5.74. The van der Waals surface area contributed by atoms with Gasteiger partial charge in [-0.1, -0.05) is 0 Å². The molecule has 2 atom stereocenters. The topological polar surface area (TPSA) is 20.3 Å². The average Bonchev–Trinajstić information content (AvgIpc) is 2.63. The normalized spacial score (nSPS) is 37.1. The zero-order valence-electron chi connectivity index (χ0n) is 6.34. The van der Waals surface area contributed by atoms with Crippen molar-refractivity contribution in [3.8, 4) is 0 Å². The van der Waals surface area contributed by atoms with Gasteiger partial charge in [-0.05, 0) is 25.2 Å². The smallest absolute Gasteiger partial charge is 0.219 e. The lowest BCUT2D eigenvalue weighted by molar-refractivity contribution is -0.130. The van der Waals surface area contributed by atoms with Gasteiger partial charge >= 0.3 is 0 Å². The molecular formula is C8H13NO. The van der Waals surface area contributed by atoms with Gasteiger partial charge in [0.05, 0.1) is 0 Å². The maximum absolute atomic E-state index is 11.0. The van der Waals surface area contributed by atoms with Crippen LogP contribution in [0.25, 0.3) is 0 Å². The zero-order valence-corrected chi connectivity index (χ0v) is 6.34. The first-order valence-corrected chi connectivity index (χ1v) is 4.06. The lowest BCUT2D eigenvalue weighted by atomic mass is 10.1. The largest absolute Gasteiger partial charge is 0.340 e. The van der Waals surface area contributed by atoms with Crippen LogP contribution in [0.4, 0.5) is 0 Å². The lowest BCUT2D eigenvalue weighted by Gasteiger charge is -2.24. The molecule has 0 spiro atoms. The molecule has 10 heavy (non-hydrogen) atoms. The highest BCUT2D eigenvalue weighted by atomic mass is 16.2. The molecule has 1 aliphatic heterocycles. The van der Waals surface area contributed by atoms with E-state index >= 15 is 0 Å². The minimum Gasteiger partial charge on any atom is -0.340 e. The first-order chi connectivity index (χ1) is 4.79. The molecule has 2 fully saturated rings. The summed E-state index contributed by atoms with van der Waals surface area (Å²) >= 11 is 0. The number of carbonyl (C=O) groups excluding carboxylic acids is 1. The molecule has 0 radical (unpaired) electrons. The SMILES string of the molecule is CC(=O)N1CCC[C@H]2C[C@H]21. The number of fused-ring (bicyclic) bond motifs is 1. The zero-order chi connectivity index (χ0) is 7.14. The van der Waals surface area contributed by atoms with Gasteiger partial charge in [0.1, 0.15) is 0 Å². The Morgan fingerprint density at radius 3 is 3.00 bits per heavy atom. The Morgan fingerprint density at radius 2 is 2.40 bits per heavy atom. The van der Waals surface area contributed by atoms with E-state index in [9.17, 15) is 4.79 Å². The van der Waals surface area contributed by atoms with E-state index in [1.807, 2.05) is 4.90 Å². The molecule has 1 heterocycles. The van der Waals surface area contributed by atoms with Crippen LogP contribution in [0.5, 0.6) is 0 Å². The van der Waals surface area contributed by atoms with Crippen molar-refractivity contribution in [1.82, 2.24) is 4.90 Å². The highest BCUT2D eigenvalue weighted by Gasteiger charge is 2.44. The molecule has 0 bridgehead atoms. The van der Waals surface area contributed by atoms with Gasteiger partial charge in [-0.2, -0.15) is 0 Å². The molecule has 56 valence electrons. The van der Waals surface area contributed by atoms with Crippen LogP contribution in [0.3, 0.4) is 0 Å². The van der Waals surface area contributed by atoms with Crippen LogP contribution in [0.2, 0.25) is 0 Å². The maximum atomic E-state index is 11.0. The van der Waals surface area contributed by atoms with E-state index in [1.54, 1.807) is 6.92 Å². The Bertz CT molecular complexity index is 167. The summed E-state index contributed by atoms with van der Waals surface area (Å²) in [4.78, 5) is 13.0. The molecule has 0 aromatic rings. The van der Waals surface area contributed by atoms with Crippen molar-refractivity contribution in [2.75, 3.05) is 6.54 Å². The maximum Gasteiger partial charge on any atom is 0.219 e. The van der Waals surface area contributed by atoms with Crippen molar-refractivity contribution >= 4 is 5.91 Å². The molecule has 0 unspecified atom stereocenters. The summed E-state index contributed by atoms with van der Waals surface area (Å²) in [5, 5.41) is 0. The standard InChI is InChI=1S/C8H13NO/c1-6(10)9-4-2-3-7-5-8(7)9/h7-8H,2-5H2,1H3/t7-,8+/m0/s1. The molecule has 0 aromatic heterocycles. The Morgan fingerprint density at radius 1 is 1.60 bits per heavy atom. The summed E-state index contributed by atoms with van der Waals surface area (Å²) in [6, 6.07) is 0.645. The summed E-state index contributed by atoms with van der Waals surface area (Å²) < 4.78 is 0. The molecule has 2 heteroatoms. The number of nitrogens with zero attached hydrogens (tertiary/aromatic N) is 1. The fourth-order valence-electron chi connectivity index (χ4n) is 2.00. The Balaban J connectivity index is 2.02. The van der Waals surface area contributed by atoms with Gasteiger partial charge in [0.25, 0.3) is 0 Å². The molecular weight excluding hydrogens is 126 g/mol. The first-order valence-electron chi connectivity index (χ1n) is 4.06. The van der Waals surface area contributed by atoms with Gasteiger partial charge in [-0.25, -0.2) is 0 Å². The van der Waals surface area contributed by atoms with Crippen LogP contribution in [-0.2, 0) is 4.79 Å². The number of likely N-dealkylation sites (tertiary alicyclic amines) is 1. The van der Waals surface area contributed by atoms with E-state index in [2.05, 4.69) is 0 Å². The number of carbonyl (C=O) groups is 1. The molecule has 1 amide bonds. The van der Waals surface area contributed by atoms with E-state index < -0.39 is 0 Å². The number of rotatable bonds is 0. The minimum absolute atomic E-state index is 0.271. The monoisotopic (exact) mass is 139 g/mol. The van der Waals surface area contributed by atoms with Gasteiger partial charge in [-0.3, -0.25) is 4.79 Å². The lowest BCUT2D eigenvalue weighted by Crippen LogP contribution is -2.35. The first kappa shape index (κ1) is 6.20. The van der Waals surface area contributed by atoms with E-state index in [-0.39, 0.29) is 5.91 Å². The molecule has 1 saturated carbocycles. The Kier molecular flexibility index (Phi) is 1.22. The van der Waals surface area contributed by atoms with Crippen molar-refractivity contribution in [2.45, 2.75) is 32.2 Å². The Hall–Kier alpha value is -0.530. The van der Waals surface area contributed by atoms with Crippen molar-refractivity contribution in [1.29, 1.82) is 0 Å². The fraction of sp³-hybridized carbons (Fsp3) is 0.875. The molecule has 0 N–H and O–H groups in total. The number of piperidine rings is 1. The predicted octanol–water partition coefficient (Wildman–Crippen LogP) is 1.02. The number of hydrogen-bond donors (Lipinski definition) is 0. The summed E-state index contributed by atoms with van der Waals surface area (Å²) in [6.07, 6.45) is 3.86. The third-order valence-corrected chi connectivity index (χ3v) is 2.66. The third-order valence-electron chi connectivity index (χ3n) is 2.66. The van der Waals surface area contributed by atoms with Crippen LogP contribution in [0, 0.1) is 5.92 Å². The van der Waals surface area contributed by atoms with Crippen molar-refractivity contribution in [3.05, 3.63) is 0 Å². The van der Waals surface area contributed by atoms with E-state index in [0.29, 0.717) is 6.04 Å². The fourth-order valence-corrected chi connectivity index (χ4v) is 2.00. The van der Waals surface area contributed by atoms with Crippen LogP contribution in [0.15, 0.2) is 0 Å². The molecule has 2 nitrogen and oxygen atoms in total. The molecule has 0 aromatic carbocycles. The third kappa shape index (κ3) is 0.825. The van der Waals surface area contributed by atoms with E-state index in [1.165, 1.54) is 19.3 Å². The second kappa shape index (κ2) is 1.97. The summed E-state index contributed by atoms with van der Waals surface area (Å²) in [6.45, 7) is 2.69. The van der Waals surface area contributed by atoms with E-state index in [4.69, 9.17) is 0 Å². The van der Waals surface area contributed by atoms with Gasteiger partial charge in [-0.15, -0.1) is 0 Å². The van der Waals surface area contributed by atoms with Gasteiger partial charge in [0, 0.05) is 19.5 Å². The molecule has 1 aliphatic carbocycles. The van der Waals surface area contributed by atoms with Gasteiger partial charge < -0.3 is 4.90 Å². The summed E-state index contributed by atoms with van der Waals surface area (Å²) in [7, 11) is 0. The van der Waals surface area contributed by atoms with Gasteiger partial charge in [0.2, 0.25) is 5.91 Å². The van der Waals surface area contributed by atoms with Crippen LogP contribution < -0.4 is 0 Å². The second-order valence-electron chi connectivity index (χ2n) is 3.42. The number of amides is 1. The predicted molar refractivity (Wildman–Crippen MR) is 38.5 cm³/mol. The minimum atomic E-state index is 0.271. The highest BCUT2D eigenvalue weighted by Crippen LogP contribution is 2.42.